The molecule has 2 aliphatic rings. The predicted octanol–water partition coefficient (Wildman–Crippen LogP) is 3.50. The normalized spacial score (nSPS) is 17.1. The van der Waals surface area contributed by atoms with Crippen LogP contribution in [0.3, 0.4) is 0 Å². The number of H-pyrrole nitrogens is 1. The van der Waals surface area contributed by atoms with Crippen LogP contribution in [0.5, 0.6) is 0 Å². The molecule has 1 aromatic carbocycles. The van der Waals surface area contributed by atoms with E-state index in [4.69, 9.17) is 5.73 Å². The summed E-state index contributed by atoms with van der Waals surface area (Å²) in [7, 11) is 1.89. The van der Waals surface area contributed by atoms with Crippen LogP contribution in [0.1, 0.15) is 47.3 Å². The molecule has 27 heavy (non-hydrogen) atoms. The SMILES string of the molecule is CNSc1ccc2c(c1)/C(=C/c1[nH]c3c(c1CCCN)CCCC3)C(=O)N2. The first kappa shape index (κ1) is 18.3. The van der Waals surface area contributed by atoms with Gasteiger partial charge in [-0.15, -0.1) is 0 Å². The van der Waals surface area contributed by atoms with Gasteiger partial charge in [-0.2, -0.15) is 0 Å². The third kappa shape index (κ3) is 3.57. The lowest BCUT2D eigenvalue weighted by molar-refractivity contribution is -0.110. The second-order valence-electron chi connectivity index (χ2n) is 7.10. The molecule has 0 radical (unpaired) electrons. The Hall–Kier alpha value is -2.02. The number of rotatable bonds is 6. The van der Waals surface area contributed by atoms with E-state index in [2.05, 4.69) is 21.1 Å². The Morgan fingerprint density at radius 3 is 2.96 bits per heavy atom. The van der Waals surface area contributed by atoms with Gasteiger partial charge in [0.25, 0.3) is 5.91 Å². The van der Waals surface area contributed by atoms with Gasteiger partial charge in [0.05, 0.1) is 5.57 Å². The highest BCUT2D eigenvalue weighted by Crippen LogP contribution is 2.37. The Kier molecular flexibility index (Phi) is 5.38. The summed E-state index contributed by atoms with van der Waals surface area (Å²) in [5.41, 5.74) is 13.6. The Morgan fingerprint density at radius 1 is 1.30 bits per heavy atom. The standard InChI is InChI=1S/C21H26N4OS/c1-23-27-13-8-9-19-16(11-13)17(21(26)25-19)12-20-15(6-4-10-22)14-5-2-3-7-18(14)24-20/h8-9,11-12,23-24H,2-7,10,22H2,1H3,(H,25,26)/b17-12-. The van der Waals surface area contributed by atoms with Crippen molar-refractivity contribution in [3.05, 3.63) is 46.3 Å². The maximum absolute atomic E-state index is 12.6. The van der Waals surface area contributed by atoms with E-state index in [1.807, 2.05) is 25.3 Å². The zero-order chi connectivity index (χ0) is 18.8. The molecule has 5 N–H and O–H groups in total. The fraction of sp³-hybridized carbons (Fsp3) is 0.381. The molecule has 2 heterocycles. The monoisotopic (exact) mass is 382 g/mol. The molecular weight excluding hydrogens is 356 g/mol. The Labute approximate surface area is 164 Å². The van der Waals surface area contributed by atoms with Gasteiger partial charge in [0.15, 0.2) is 0 Å². The van der Waals surface area contributed by atoms with Gasteiger partial charge in [-0.1, -0.05) is 0 Å². The van der Waals surface area contributed by atoms with Crippen LogP contribution in [-0.2, 0) is 24.1 Å². The van der Waals surface area contributed by atoms with Crippen LogP contribution in [0.25, 0.3) is 11.6 Å². The lowest BCUT2D eigenvalue weighted by atomic mass is 9.92. The summed E-state index contributed by atoms with van der Waals surface area (Å²) in [5.74, 6) is -0.0334. The quantitative estimate of drug-likeness (QED) is 0.455. The minimum atomic E-state index is -0.0334. The van der Waals surface area contributed by atoms with E-state index < -0.39 is 0 Å². The van der Waals surface area contributed by atoms with Crippen molar-refractivity contribution in [1.29, 1.82) is 0 Å². The van der Waals surface area contributed by atoms with E-state index >= 15 is 0 Å². The molecule has 0 bridgehead atoms. The van der Waals surface area contributed by atoms with Gasteiger partial charge in [-0.05, 0) is 99.5 Å². The van der Waals surface area contributed by atoms with Gasteiger partial charge in [0.2, 0.25) is 0 Å². The van der Waals surface area contributed by atoms with Crippen LogP contribution < -0.4 is 15.8 Å². The summed E-state index contributed by atoms with van der Waals surface area (Å²) in [6.07, 6.45) is 8.66. The molecule has 1 aliphatic heterocycles. The zero-order valence-corrected chi connectivity index (χ0v) is 16.5. The van der Waals surface area contributed by atoms with Gasteiger partial charge in [0.1, 0.15) is 0 Å². The average molecular weight is 383 g/mol. The predicted molar refractivity (Wildman–Crippen MR) is 113 cm³/mol. The molecule has 0 fully saturated rings. The number of fused-ring (bicyclic) bond motifs is 2. The van der Waals surface area contributed by atoms with Crippen molar-refractivity contribution in [2.45, 2.75) is 43.4 Å². The van der Waals surface area contributed by atoms with Gasteiger partial charge in [-0.25, -0.2) is 0 Å². The topological polar surface area (TPSA) is 82.9 Å². The van der Waals surface area contributed by atoms with Crippen molar-refractivity contribution in [2.24, 2.45) is 5.73 Å². The number of hydrogen-bond donors (Lipinski definition) is 4. The number of carbonyl (C=O) groups excluding carboxylic acids is 1. The van der Waals surface area contributed by atoms with Crippen LogP contribution in [0.4, 0.5) is 5.69 Å². The summed E-state index contributed by atoms with van der Waals surface area (Å²) in [6.45, 7) is 0.684. The molecular formula is C21H26N4OS. The van der Waals surface area contributed by atoms with Crippen molar-refractivity contribution in [2.75, 3.05) is 18.9 Å². The second-order valence-corrected chi connectivity index (χ2v) is 8.18. The first-order valence-corrected chi connectivity index (χ1v) is 10.5. The highest BCUT2D eigenvalue weighted by atomic mass is 32.2. The van der Waals surface area contributed by atoms with Crippen LogP contribution >= 0.6 is 11.9 Å². The summed E-state index contributed by atoms with van der Waals surface area (Å²) in [5, 5.41) is 2.99. The summed E-state index contributed by atoms with van der Waals surface area (Å²) in [6, 6.07) is 6.06. The van der Waals surface area contributed by atoms with Crippen LogP contribution in [0.15, 0.2) is 23.1 Å². The van der Waals surface area contributed by atoms with E-state index in [0.29, 0.717) is 6.54 Å². The summed E-state index contributed by atoms with van der Waals surface area (Å²) >= 11 is 1.55. The van der Waals surface area contributed by atoms with Crippen LogP contribution in [0, 0.1) is 0 Å². The van der Waals surface area contributed by atoms with Gasteiger partial charge >= 0.3 is 0 Å². The average Bonchev–Trinajstić information content (AvgIpc) is 3.18. The minimum Gasteiger partial charge on any atom is -0.358 e. The molecule has 1 aromatic heterocycles. The largest absolute Gasteiger partial charge is 0.358 e. The lowest BCUT2D eigenvalue weighted by Gasteiger charge is -2.12. The van der Waals surface area contributed by atoms with Gasteiger partial charge in [-0.3, -0.25) is 9.52 Å². The molecule has 2 aromatic rings. The maximum atomic E-state index is 12.6. The molecule has 6 heteroatoms. The van der Waals surface area contributed by atoms with Crippen molar-refractivity contribution in [3.63, 3.8) is 0 Å². The Balaban J connectivity index is 1.77. The van der Waals surface area contributed by atoms with Crippen molar-refractivity contribution in [3.8, 4) is 0 Å². The third-order valence-corrected chi connectivity index (χ3v) is 6.05. The molecule has 0 unspecified atom stereocenters. The van der Waals surface area contributed by atoms with E-state index in [9.17, 15) is 4.79 Å². The van der Waals surface area contributed by atoms with E-state index in [1.165, 1.54) is 29.7 Å². The molecule has 0 saturated carbocycles. The first-order chi connectivity index (χ1) is 13.2. The first-order valence-electron chi connectivity index (χ1n) is 9.65. The van der Waals surface area contributed by atoms with Crippen molar-refractivity contribution in [1.82, 2.24) is 9.71 Å². The number of hydrogen-bond acceptors (Lipinski definition) is 4. The summed E-state index contributed by atoms with van der Waals surface area (Å²) in [4.78, 5) is 17.3. The van der Waals surface area contributed by atoms with Crippen molar-refractivity contribution >= 4 is 35.2 Å². The van der Waals surface area contributed by atoms with E-state index in [1.54, 1.807) is 11.9 Å². The molecule has 142 valence electrons. The number of nitrogens with two attached hydrogens (primary N) is 1. The number of carbonyl (C=O) groups is 1. The fourth-order valence-corrected chi connectivity index (χ4v) is 4.65. The number of aryl methyl sites for hydroxylation is 1. The maximum Gasteiger partial charge on any atom is 0.256 e. The number of anilines is 1. The van der Waals surface area contributed by atoms with Crippen LogP contribution in [0.2, 0.25) is 0 Å². The Bertz CT molecular complexity index is 900. The second kappa shape index (κ2) is 7.92. The summed E-state index contributed by atoms with van der Waals surface area (Å²) < 4.78 is 3.09. The highest BCUT2D eigenvalue weighted by molar-refractivity contribution is 7.97. The molecule has 1 aliphatic carbocycles. The van der Waals surface area contributed by atoms with Crippen LogP contribution in [-0.4, -0.2) is 24.5 Å². The highest BCUT2D eigenvalue weighted by Gasteiger charge is 2.26. The molecule has 0 atom stereocenters. The number of aromatic nitrogens is 1. The minimum absolute atomic E-state index is 0.0334. The molecule has 4 rings (SSSR count). The Morgan fingerprint density at radius 2 is 2.15 bits per heavy atom. The van der Waals surface area contributed by atoms with Gasteiger partial charge < -0.3 is 16.0 Å². The van der Waals surface area contributed by atoms with Crippen molar-refractivity contribution < 1.29 is 4.79 Å². The molecule has 0 spiro atoms. The smallest absolute Gasteiger partial charge is 0.256 e. The van der Waals surface area contributed by atoms with E-state index in [0.717, 1.165) is 53.1 Å². The fourth-order valence-electron chi connectivity index (χ4n) is 4.10. The van der Waals surface area contributed by atoms with Gasteiger partial charge in [0, 0.05) is 27.5 Å². The van der Waals surface area contributed by atoms with E-state index in [-0.39, 0.29) is 5.91 Å². The number of nitrogens with one attached hydrogen (secondary N) is 3. The molecule has 0 saturated heterocycles. The third-order valence-electron chi connectivity index (χ3n) is 5.36. The lowest BCUT2D eigenvalue weighted by Crippen LogP contribution is -2.05. The number of benzene rings is 1. The number of amides is 1. The molecule has 5 nitrogen and oxygen atoms in total. The zero-order valence-electron chi connectivity index (χ0n) is 15.7. The molecule has 1 amide bonds. The number of aromatic amines is 1.